The molecule has 2 aromatic rings. The van der Waals surface area contributed by atoms with E-state index in [1.165, 1.54) is 12.1 Å². The average molecular weight is 340 g/mol. The molecule has 1 heterocycles. The molecule has 0 saturated carbocycles. The Hall–Kier alpha value is -1.20. The summed E-state index contributed by atoms with van der Waals surface area (Å²) in [7, 11) is 1.91. The first-order chi connectivity index (χ1) is 9.60. The molecular formula is C15H19BrFN3. The van der Waals surface area contributed by atoms with Crippen LogP contribution in [0.5, 0.6) is 0 Å². The van der Waals surface area contributed by atoms with Gasteiger partial charge in [0.15, 0.2) is 0 Å². The van der Waals surface area contributed by atoms with Crippen LogP contribution in [0.4, 0.5) is 4.39 Å². The first-order valence-electron chi connectivity index (χ1n) is 6.76. The predicted octanol–water partition coefficient (Wildman–Crippen LogP) is 3.61. The van der Waals surface area contributed by atoms with Crippen molar-refractivity contribution in [3.05, 3.63) is 52.0 Å². The van der Waals surface area contributed by atoms with E-state index in [1.807, 2.05) is 25.5 Å². The highest BCUT2D eigenvalue weighted by Crippen LogP contribution is 2.24. The van der Waals surface area contributed by atoms with E-state index in [2.05, 4.69) is 33.3 Å². The molecule has 0 bridgehead atoms. The van der Waals surface area contributed by atoms with Crippen LogP contribution in [0.25, 0.3) is 0 Å². The molecule has 0 aliphatic rings. The van der Waals surface area contributed by atoms with E-state index >= 15 is 0 Å². The van der Waals surface area contributed by atoms with E-state index in [4.69, 9.17) is 0 Å². The molecule has 108 valence electrons. The van der Waals surface area contributed by atoms with Gasteiger partial charge >= 0.3 is 0 Å². The summed E-state index contributed by atoms with van der Waals surface area (Å²) in [6, 6.07) is 5.02. The molecule has 0 aliphatic heterocycles. The van der Waals surface area contributed by atoms with E-state index < -0.39 is 0 Å². The van der Waals surface area contributed by atoms with Crippen LogP contribution in [0, 0.1) is 5.82 Å². The maximum Gasteiger partial charge on any atom is 0.124 e. The number of nitrogens with zero attached hydrogens (tertiary/aromatic N) is 2. The topological polar surface area (TPSA) is 29.9 Å². The van der Waals surface area contributed by atoms with Gasteiger partial charge in [0.1, 0.15) is 5.82 Å². The fraction of sp³-hybridized carbons (Fsp3) is 0.400. The molecule has 20 heavy (non-hydrogen) atoms. The summed E-state index contributed by atoms with van der Waals surface area (Å²) >= 11 is 3.43. The first-order valence-corrected chi connectivity index (χ1v) is 7.55. The molecule has 1 aromatic carbocycles. The van der Waals surface area contributed by atoms with Crippen molar-refractivity contribution in [2.45, 2.75) is 25.8 Å². The Kier molecular flexibility index (Phi) is 5.31. The summed E-state index contributed by atoms with van der Waals surface area (Å²) in [5.41, 5.74) is 2.24. The third-order valence-corrected chi connectivity index (χ3v) is 3.95. The number of aryl methyl sites for hydroxylation is 1. The second-order valence-electron chi connectivity index (χ2n) is 4.89. The second kappa shape index (κ2) is 6.99. The first kappa shape index (κ1) is 15.2. The minimum Gasteiger partial charge on any atom is -0.310 e. The number of halogens is 2. The molecule has 0 saturated heterocycles. The summed E-state index contributed by atoms with van der Waals surface area (Å²) < 4.78 is 15.8. The van der Waals surface area contributed by atoms with E-state index in [0.717, 1.165) is 35.0 Å². The highest BCUT2D eigenvalue weighted by atomic mass is 79.9. The van der Waals surface area contributed by atoms with Gasteiger partial charge in [-0.15, -0.1) is 0 Å². The lowest BCUT2D eigenvalue weighted by Gasteiger charge is -2.18. The van der Waals surface area contributed by atoms with Crippen LogP contribution in [-0.2, 0) is 13.5 Å². The monoisotopic (exact) mass is 339 g/mol. The van der Waals surface area contributed by atoms with Crippen LogP contribution in [0.15, 0.2) is 35.1 Å². The maximum absolute atomic E-state index is 13.2. The number of rotatable bonds is 6. The molecule has 5 heteroatoms. The molecule has 1 atom stereocenters. The van der Waals surface area contributed by atoms with Crippen molar-refractivity contribution in [1.82, 2.24) is 15.1 Å². The summed E-state index contributed by atoms with van der Waals surface area (Å²) in [4.78, 5) is 0. The van der Waals surface area contributed by atoms with Gasteiger partial charge < -0.3 is 5.32 Å². The van der Waals surface area contributed by atoms with Crippen LogP contribution >= 0.6 is 15.9 Å². The minimum absolute atomic E-state index is 0.186. The Bertz CT molecular complexity index is 568. The van der Waals surface area contributed by atoms with Crippen LogP contribution in [-0.4, -0.2) is 16.3 Å². The summed E-state index contributed by atoms with van der Waals surface area (Å²) in [6.45, 7) is 3.08. The number of nitrogens with one attached hydrogen (secondary N) is 1. The molecule has 0 fully saturated rings. The number of aromatic nitrogens is 2. The highest BCUT2D eigenvalue weighted by molar-refractivity contribution is 9.10. The van der Waals surface area contributed by atoms with Gasteiger partial charge in [0, 0.05) is 29.3 Å². The number of hydrogen-bond donors (Lipinski definition) is 1. The highest BCUT2D eigenvalue weighted by Gasteiger charge is 2.15. The maximum atomic E-state index is 13.2. The van der Waals surface area contributed by atoms with E-state index in [9.17, 15) is 4.39 Å². The average Bonchev–Trinajstić information content (AvgIpc) is 2.83. The number of hydrogen-bond acceptors (Lipinski definition) is 2. The van der Waals surface area contributed by atoms with Crippen LogP contribution in [0.2, 0.25) is 0 Å². The van der Waals surface area contributed by atoms with E-state index in [0.29, 0.717) is 0 Å². The van der Waals surface area contributed by atoms with E-state index in [-0.39, 0.29) is 11.9 Å². The smallest absolute Gasteiger partial charge is 0.124 e. The fourth-order valence-electron chi connectivity index (χ4n) is 2.15. The largest absolute Gasteiger partial charge is 0.310 e. The SMILES string of the molecule is CCCNC(Cc1ccc(F)cc1Br)c1cnn(C)c1. The molecule has 3 nitrogen and oxygen atoms in total. The summed E-state index contributed by atoms with van der Waals surface area (Å²) in [5.74, 6) is -0.222. The third kappa shape index (κ3) is 3.90. The fourth-order valence-corrected chi connectivity index (χ4v) is 2.67. The lowest BCUT2D eigenvalue weighted by Crippen LogP contribution is -2.24. The molecular weight excluding hydrogens is 321 g/mol. The van der Waals surface area contributed by atoms with Crippen LogP contribution in [0.3, 0.4) is 0 Å². The van der Waals surface area contributed by atoms with Crippen molar-refractivity contribution in [2.75, 3.05) is 6.54 Å². The molecule has 0 radical (unpaired) electrons. The Morgan fingerprint density at radius 2 is 2.25 bits per heavy atom. The zero-order chi connectivity index (χ0) is 14.5. The van der Waals surface area contributed by atoms with Crippen molar-refractivity contribution in [1.29, 1.82) is 0 Å². The van der Waals surface area contributed by atoms with Crippen molar-refractivity contribution in [2.24, 2.45) is 7.05 Å². The lowest BCUT2D eigenvalue weighted by atomic mass is 10.0. The second-order valence-corrected chi connectivity index (χ2v) is 5.75. The standard InChI is InChI=1S/C15H19BrFN3/c1-3-6-18-15(12-9-19-20(2)10-12)7-11-4-5-13(17)8-14(11)16/h4-5,8-10,15,18H,3,6-7H2,1-2H3. The molecule has 2 rings (SSSR count). The Balaban J connectivity index is 2.18. The van der Waals surface area contributed by atoms with Gasteiger partial charge in [-0.2, -0.15) is 5.10 Å². The predicted molar refractivity (Wildman–Crippen MR) is 82.0 cm³/mol. The van der Waals surface area contributed by atoms with Crippen molar-refractivity contribution in [3.8, 4) is 0 Å². The van der Waals surface area contributed by atoms with Crippen molar-refractivity contribution >= 4 is 15.9 Å². The normalized spacial score (nSPS) is 12.6. The molecule has 0 spiro atoms. The lowest BCUT2D eigenvalue weighted by molar-refractivity contribution is 0.527. The van der Waals surface area contributed by atoms with Crippen LogP contribution < -0.4 is 5.32 Å². The Morgan fingerprint density at radius 3 is 2.85 bits per heavy atom. The van der Waals surface area contributed by atoms with Gasteiger partial charge in [-0.05, 0) is 37.1 Å². The third-order valence-electron chi connectivity index (χ3n) is 3.21. The zero-order valence-corrected chi connectivity index (χ0v) is 13.3. The molecule has 1 unspecified atom stereocenters. The Morgan fingerprint density at radius 1 is 1.45 bits per heavy atom. The molecule has 0 aliphatic carbocycles. The van der Waals surface area contributed by atoms with Gasteiger partial charge in [0.2, 0.25) is 0 Å². The molecule has 1 aromatic heterocycles. The van der Waals surface area contributed by atoms with Crippen LogP contribution in [0.1, 0.15) is 30.5 Å². The van der Waals surface area contributed by atoms with Crippen molar-refractivity contribution < 1.29 is 4.39 Å². The summed E-state index contributed by atoms with van der Waals surface area (Å²) in [5, 5.41) is 7.75. The van der Waals surface area contributed by atoms with Gasteiger partial charge in [0.05, 0.1) is 6.20 Å². The van der Waals surface area contributed by atoms with E-state index in [1.54, 1.807) is 4.68 Å². The quantitative estimate of drug-likeness (QED) is 0.871. The van der Waals surface area contributed by atoms with Crippen molar-refractivity contribution in [3.63, 3.8) is 0 Å². The van der Waals surface area contributed by atoms with Gasteiger partial charge in [-0.25, -0.2) is 4.39 Å². The van der Waals surface area contributed by atoms with Gasteiger partial charge in [-0.3, -0.25) is 4.68 Å². The summed E-state index contributed by atoms with van der Waals surface area (Å²) in [6.07, 6.45) is 5.77. The number of benzene rings is 1. The molecule has 1 N–H and O–H groups in total. The minimum atomic E-state index is -0.222. The molecule has 0 amide bonds. The Labute approximate surface area is 127 Å². The van der Waals surface area contributed by atoms with Gasteiger partial charge in [-0.1, -0.05) is 28.9 Å². The van der Waals surface area contributed by atoms with Gasteiger partial charge in [0.25, 0.3) is 0 Å². The zero-order valence-electron chi connectivity index (χ0n) is 11.7.